The molecule has 0 bridgehead atoms. The number of carbonyl (C=O) groups is 2. The maximum atomic E-state index is 12.3. The van der Waals surface area contributed by atoms with Gasteiger partial charge < -0.3 is 15.3 Å². The van der Waals surface area contributed by atoms with Crippen LogP contribution >= 0.6 is 0 Å². The van der Waals surface area contributed by atoms with Gasteiger partial charge in [0.1, 0.15) is 0 Å². The van der Waals surface area contributed by atoms with Crippen LogP contribution in [0.2, 0.25) is 0 Å². The molecular formula is C19H29N3O3. The molecule has 1 aliphatic carbocycles. The average Bonchev–Trinajstić information content (AvgIpc) is 2.56. The number of benzene rings is 1. The molecule has 0 spiro atoms. The highest BCUT2D eigenvalue weighted by Gasteiger charge is 2.34. The fourth-order valence-electron chi connectivity index (χ4n) is 3.28. The molecule has 0 unspecified atom stereocenters. The Hall–Kier alpha value is -2.08. The number of carboxylic acid groups (broad SMARTS) is 1. The third kappa shape index (κ3) is 5.19. The number of nitrogens with one attached hydrogen (secondary N) is 1. The van der Waals surface area contributed by atoms with Crippen LogP contribution in [-0.2, 0) is 4.79 Å². The molecule has 138 valence electrons. The summed E-state index contributed by atoms with van der Waals surface area (Å²) in [6.45, 7) is 5.87. The second-order valence-corrected chi connectivity index (χ2v) is 6.72. The van der Waals surface area contributed by atoms with E-state index in [4.69, 9.17) is 5.11 Å². The number of likely N-dealkylation sites (N-methyl/N-ethyl adjacent to an activating group) is 1. The molecule has 0 aromatic heterocycles. The molecule has 0 saturated heterocycles. The van der Waals surface area contributed by atoms with Gasteiger partial charge in [0.2, 0.25) is 0 Å². The van der Waals surface area contributed by atoms with Crippen molar-refractivity contribution >= 4 is 17.6 Å². The highest BCUT2D eigenvalue weighted by molar-refractivity contribution is 5.94. The molecule has 2 rings (SSSR count). The molecule has 1 aromatic rings. The number of nitrogens with zero attached hydrogens (tertiary/aromatic N) is 2. The Morgan fingerprint density at radius 3 is 2.36 bits per heavy atom. The van der Waals surface area contributed by atoms with E-state index in [1.807, 2.05) is 43.1 Å². The molecule has 2 N–H and O–H groups in total. The van der Waals surface area contributed by atoms with Gasteiger partial charge >= 0.3 is 5.97 Å². The van der Waals surface area contributed by atoms with Gasteiger partial charge in [-0.3, -0.25) is 14.5 Å². The van der Waals surface area contributed by atoms with Crippen LogP contribution in [0.25, 0.3) is 0 Å². The van der Waals surface area contributed by atoms with Gasteiger partial charge in [0.15, 0.2) is 0 Å². The van der Waals surface area contributed by atoms with E-state index in [2.05, 4.69) is 17.1 Å². The molecule has 1 saturated carbocycles. The van der Waals surface area contributed by atoms with E-state index in [0.29, 0.717) is 12.1 Å². The molecule has 1 fully saturated rings. The summed E-state index contributed by atoms with van der Waals surface area (Å²) in [4.78, 5) is 27.3. The van der Waals surface area contributed by atoms with Crippen LogP contribution in [0.4, 0.5) is 5.69 Å². The van der Waals surface area contributed by atoms with Crippen molar-refractivity contribution in [2.24, 2.45) is 0 Å². The van der Waals surface area contributed by atoms with Crippen molar-refractivity contribution in [3.05, 3.63) is 29.8 Å². The predicted octanol–water partition coefficient (Wildman–Crippen LogP) is 2.20. The number of rotatable bonds is 9. The summed E-state index contributed by atoms with van der Waals surface area (Å²) in [6.07, 6.45) is 2.70. The molecule has 0 aliphatic heterocycles. The molecule has 1 aromatic carbocycles. The van der Waals surface area contributed by atoms with Gasteiger partial charge in [-0.15, -0.1) is 0 Å². The van der Waals surface area contributed by atoms with Gasteiger partial charge in [-0.05, 0) is 50.1 Å². The van der Waals surface area contributed by atoms with Gasteiger partial charge in [-0.25, -0.2) is 0 Å². The van der Waals surface area contributed by atoms with Crippen molar-refractivity contribution in [2.75, 3.05) is 31.6 Å². The lowest BCUT2D eigenvalue weighted by Gasteiger charge is -2.42. The van der Waals surface area contributed by atoms with Gasteiger partial charge in [0.05, 0.1) is 6.54 Å². The highest BCUT2D eigenvalue weighted by atomic mass is 16.4. The van der Waals surface area contributed by atoms with E-state index in [9.17, 15) is 9.59 Å². The molecule has 6 heteroatoms. The number of carboxylic acids is 1. The topological polar surface area (TPSA) is 72.9 Å². The third-order valence-corrected chi connectivity index (χ3v) is 4.84. The number of aliphatic carboxylic acids is 1. The van der Waals surface area contributed by atoms with Crippen molar-refractivity contribution in [1.29, 1.82) is 0 Å². The fourth-order valence-corrected chi connectivity index (χ4v) is 3.28. The lowest BCUT2D eigenvalue weighted by molar-refractivity contribution is -0.139. The third-order valence-electron chi connectivity index (χ3n) is 4.84. The zero-order valence-corrected chi connectivity index (χ0v) is 15.4. The number of carbonyl (C=O) groups excluding carboxylic acids is 1. The van der Waals surface area contributed by atoms with Crippen LogP contribution in [0.1, 0.15) is 43.5 Å². The van der Waals surface area contributed by atoms with Crippen LogP contribution < -0.4 is 10.2 Å². The smallest absolute Gasteiger partial charge is 0.317 e. The van der Waals surface area contributed by atoms with Crippen LogP contribution in [0.5, 0.6) is 0 Å². The quantitative estimate of drug-likeness (QED) is 0.716. The number of anilines is 1. The maximum Gasteiger partial charge on any atom is 0.317 e. The Morgan fingerprint density at radius 1 is 1.20 bits per heavy atom. The highest BCUT2D eigenvalue weighted by Crippen LogP contribution is 2.26. The Labute approximate surface area is 149 Å². The molecule has 0 atom stereocenters. The van der Waals surface area contributed by atoms with E-state index in [-0.39, 0.29) is 24.5 Å². The van der Waals surface area contributed by atoms with Crippen molar-refractivity contribution in [3.8, 4) is 0 Å². The molecular weight excluding hydrogens is 318 g/mol. The minimum Gasteiger partial charge on any atom is -0.480 e. The normalized spacial score (nSPS) is 19.4. The summed E-state index contributed by atoms with van der Waals surface area (Å²) in [5.74, 6) is -0.864. The molecule has 0 radical (unpaired) electrons. The van der Waals surface area contributed by atoms with Gasteiger partial charge in [-0.2, -0.15) is 0 Å². The summed E-state index contributed by atoms with van der Waals surface area (Å²) >= 11 is 0. The summed E-state index contributed by atoms with van der Waals surface area (Å²) in [5, 5.41) is 12.0. The van der Waals surface area contributed by atoms with E-state index in [1.165, 1.54) is 0 Å². The summed E-state index contributed by atoms with van der Waals surface area (Å²) < 4.78 is 0. The number of hydrogen-bond acceptors (Lipinski definition) is 4. The Morgan fingerprint density at radius 2 is 1.84 bits per heavy atom. The lowest BCUT2D eigenvalue weighted by atomic mass is 9.85. The Balaban J connectivity index is 1.82. The summed E-state index contributed by atoms with van der Waals surface area (Å²) in [5.41, 5.74) is 1.77. The largest absolute Gasteiger partial charge is 0.480 e. The Kier molecular flexibility index (Phi) is 6.82. The van der Waals surface area contributed by atoms with Crippen LogP contribution in [0.15, 0.2) is 24.3 Å². The van der Waals surface area contributed by atoms with Crippen molar-refractivity contribution in [2.45, 2.75) is 45.2 Å². The van der Waals surface area contributed by atoms with Gasteiger partial charge in [-0.1, -0.05) is 13.8 Å². The van der Waals surface area contributed by atoms with Crippen molar-refractivity contribution < 1.29 is 14.7 Å². The second-order valence-electron chi connectivity index (χ2n) is 6.72. The molecule has 25 heavy (non-hydrogen) atoms. The zero-order chi connectivity index (χ0) is 18.4. The first-order chi connectivity index (χ1) is 11.9. The minimum absolute atomic E-state index is 0.0607. The monoisotopic (exact) mass is 347 g/mol. The van der Waals surface area contributed by atoms with Crippen LogP contribution in [-0.4, -0.2) is 60.6 Å². The number of hydrogen-bond donors (Lipinski definition) is 2. The first-order valence-electron chi connectivity index (χ1n) is 9.02. The molecule has 1 aliphatic rings. The summed E-state index contributed by atoms with van der Waals surface area (Å²) in [7, 11) is 2.05. The second kappa shape index (κ2) is 8.85. The first-order valence-corrected chi connectivity index (χ1v) is 9.02. The Bertz CT molecular complexity index is 582. The van der Waals surface area contributed by atoms with E-state index < -0.39 is 5.97 Å². The SMILES string of the molecule is CCCN(C)c1ccc(C(=O)NC2CC(N(CC)CC(=O)O)C2)cc1. The fraction of sp³-hybridized carbons (Fsp3) is 0.579. The van der Waals surface area contributed by atoms with Crippen molar-refractivity contribution in [1.82, 2.24) is 10.2 Å². The van der Waals surface area contributed by atoms with E-state index in [0.717, 1.165) is 31.5 Å². The van der Waals surface area contributed by atoms with E-state index >= 15 is 0 Å². The van der Waals surface area contributed by atoms with Crippen molar-refractivity contribution in [3.63, 3.8) is 0 Å². The van der Waals surface area contributed by atoms with Gasteiger partial charge in [0.25, 0.3) is 5.91 Å². The first kappa shape index (κ1) is 19.2. The summed E-state index contributed by atoms with van der Waals surface area (Å²) in [6, 6.07) is 8.03. The average molecular weight is 347 g/mol. The van der Waals surface area contributed by atoms with Crippen LogP contribution in [0.3, 0.4) is 0 Å². The van der Waals surface area contributed by atoms with Gasteiger partial charge in [0, 0.05) is 36.9 Å². The maximum absolute atomic E-state index is 12.3. The van der Waals surface area contributed by atoms with E-state index in [1.54, 1.807) is 0 Å². The predicted molar refractivity (Wildman–Crippen MR) is 99.2 cm³/mol. The zero-order valence-electron chi connectivity index (χ0n) is 15.4. The minimum atomic E-state index is -0.803. The standard InChI is InChI=1S/C19H29N3O3/c1-4-10-21(3)16-8-6-14(7-9-16)19(25)20-15-11-17(12-15)22(5-2)13-18(23)24/h6-9,15,17H,4-5,10-13H2,1-3H3,(H,20,25)(H,23,24). The lowest BCUT2D eigenvalue weighted by Crippen LogP contribution is -2.54. The molecule has 6 nitrogen and oxygen atoms in total. The number of amides is 1. The molecule has 0 heterocycles. The van der Waals surface area contributed by atoms with Crippen LogP contribution in [0, 0.1) is 0 Å². The molecule has 1 amide bonds.